The number of rotatable bonds is 3. The van der Waals surface area contributed by atoms with Gasteiger partial charge in [-0.25, -0.2) is 0 Å². The Hall–Kier alpha value is -0.882. The Morgan fingerprint density at radius 3 is 2.62 bits per heavy atom. The fourth-order valence-corrected chi connectivity index (χ4v) is 1.80. The van der Waals surface area contributed by atoms with E-state index in [2.05, 4.69) is 25.0 Å². The zero-order valence-electron chi connectivity index (χ0n) is 9.51. The van der Waals surface area contributed by atoms with E-state index in [-0.39, 0.29) is 21.1 Å². The van der Waals surface area contributed by atoms with Gasteiger partial charge in [-0.15, -0.1) is 6.07 Å². The smallest absolute Gasteiger partial charge is 0.0528 e. The van der Waals surface area contributed by atoms with Gasteiger partial charge in [-0.1, -0.05) is 13.8 Å². The molecule has 1 heterocycles. The number of nitrogens with zero attached hydrogens (tertiary/aromatic N) is 2. The molecule has 1 aromatic carbocycles. The Bertz CT molecular complexity index is 434. The molecular weight excluding hydrogens is 379 g/mol. The summed E-state index contributed by atoms with van der Waals surface area (Å²) < 4.78 is 1.98. The van der Waals surface area contributed by atoms with Crippen LogP contribution in [0.15, 0.2) is 30.5 Å². The van der Waals surface area contributed by atoms with E-state index in [0.717, 1.165) is 18.5 Å². The second kappa shape index (κ2) is 6.00. The van der Waals surface area contributed by atoms with E-state index in [1.807, 2.05) is 35.1 Å². The first-order valence-corrected chi connectivity index (χ1v) is 5.39. The van der Waals surface area contributed by atoms with Gasteiger partial charge >= 0.3 is 0 Å². The van der Waals surface area contributed by atoms with Crippen molar-refractivity contribution in [2.24, 2.45) is 0 Å². The summed E-state index contributed by atoms with van der Waals surface area (Å²) in [5.74, 6) is 0. The summed E-state index contributed by atoms with van der Waals surface area (Å²) in [5.41, 5.74) is 3.64. The Balaban J connectivity index is 0.00000128. The van der Waals surface area contributed by atoms with Gasteiger partial charge in [-0.05, 0) is 24.1 Å². The van der Waals surface area contributed by atoms with Crippen molar-refractivity contribution in [3.63, 3.8) is 0 Å². The molecule has 2 nitrogen and oxygen atoms in total. The third kappa shape index (κ3) is 2.44. The summed E-state index contributed by atoms with van der Waals surface area (Å²) >= 11 is 0. The van der Waals surface area contributed by atoms with Crippen LogP contribution in [0.25, 0.3) is 5.69 Å². The van der Waals surface area contributed by atoms with Crippen molar-refractivity contribution in [2.75, 3.05) is 0 Å². The molecule has 1 aromatic heterocycles. The molecule has 0 saturated carbocycles. The minimum atomic E-state index is 0. The van der Waals surface area contributed by atoms with Gasteiger partial charge in [0.2, 0.25) is 0 Å². The van der Waals surface area contributed by atoms with Crippen LogP contribution in [0.3, 0.4) is 0 Å². The van der Waals surface area contributed by atoms with Crippen LogP contribution in [-0.4, -0.2) is 9.78 Å². The van der Waals surface area contributed by atoms with Crippen LogP contribution in [-0.2, 0) is 33.9 Å². The predicted molar refractivity (Wildman–Crippen MR) is 61.2 cm³/mol. The molecule has 0 unspecified atom stereocenters. The molecule has 0 aliphatic rings. The number of aromatic nitrogens is 2. The van der Waals surface area contributed by atoms with Crippen LogP contribution in [0.1, 0.15) is 25.1 Å². The Morgan fingerprint density at radius 2 is 2.06 bits per heavy atom. The van der Waals surface area contributed by atoms with Crippen molar-refractivity contribution < 1.29 is 21.1 Å². The Labute approximate surface area is 111 Å². The van der Waals surface area contributed by atoms with Gasteiger partial charge in [0.25, 0.3) is 0 Å². The molecular formula is C13H15N2Pt-. The number of aryl methyl sites for hydroxylation is 1. The topological polar surface area (TPSA) is 17.8 Å². The van der Waals surface area contributed by atoms with Crippen LogP contribution >= 0.6 is 0 Å². The molecule has 3 heteroatoms. The maximum Gasteiger partial charge on any atom is 0.0528 e. The van der Waals surface area contributed by atoms with Gasteiger partial charge < -0.3 is 0 Å². The molecule has 88 valence electrons. The second-order valence-electron chi connectivity index (χ2n) is 3.48. The van der Waals surface area contributed by atoms with Crippen LogP contribution in [0, 0.1) is 6.07 Å². The molecule has 0 fully saturated rings. The van der Waals surface area contributed by atoms with E-state index in [1.165, 1.54) is 11.3 Å². The van der Waals surface area contributed by atoms with Crippen molar-refractivity contribution >= 4 is 0 Å². The molecule has 2 aromatic rings. The molecule has 0 saturated heterocycles. The largest absolute Gasteiger partial charge is 0.262 e. The summed E-state index contributed by atoms with van der Waals surface area (Å²) in [5, 5.41) is 4.41. The maximum absolute atomic E-state index is 4.41. The quantitative estimate of drug-likeness (QED) is 0.733. The standard InChI is InChI=1S/C13H15N2.Pt/c1-3-11-10-14-15(13(11)4-2)12-8-6-5-7-9-12;/h5-8,10H,3-4H2,1-2H3;/q-1;. The molecule has 0 aliphatic heterocycles. The fraction of sp³-hybridized carbons (Fsp3) is 0.308. The predicted octanol–water partition coefficient (Wildman–Crippen LogP) is 2.79. The average Bonchev–Trinajstić information content (AvgIpc) is 2.72. The molecule has 0 bridgehead atoms. The van der Waals surface area contributed by atoms with Crippen LogP contribution in [0.4, 0.5) is 0 Å². The fourth-order valence-electron chi connectivity index (χ4n) is 1.80. The summed E-state index contributed by atoms with van der Waals surface area (Å²) in [6, 6.07) is 11.1. The molecule has 0 aliphatic carbocycles. The van der Waals surface area contributed by atoms with Gasteiger partial charge in [-0.3, -0.25) is 4.68 Å². The molecule has 0 N–H and O–H groups in total. The van der Waals surface area contributed by atoms with Crippen molar-refractivity contribution in [3.8, 4) is 5.69 Å². The minimum Gasteiger partial charge on any atom is -0.262 e. The van der Waals surface area contributed by atoms with Crippen LogP contribution in [0.2, 0.25) is 0 Å². The first-order valence-electron chi connectivity index (χ1n) is 5.39. The molecule has 0 amide bonds. The number of hydrogen-bond acceptors (Lipinski definition) is 1. The third-order valence-electron chi connectivity index (χ3n) is 2.59. The molecule has 2 rings (SSSR count). The SMILES string of the molecule is CCc1cnn(-c2[c-]cccc2)c1CC.[Pt]. The monoisotopic (exact) mass is 394 g/mol. The summed E-state index contributed by atoms with van der Waals surface area (Å²) in [6.07, 6.45) is 4.00. The molecule has 16 heavy (non-hydrogen) atoms. The van der Waals surface area contributed by atoms with Gasteiger partial charge in [0, 0.05) is 26.8 Å². The van der Waals surface area contributed by atoms with Crippen molar-refractivity contribution in [2.45, 2.75) is 26.7 Å². The van der Waals surface area contributed by atoms with E-state index in [4.69, 9.17) is 0 Å². The van der Waals surface area contributed by atoms with E-state index in [0.29, 0.717) is 0 Å². The molecule has 0 radical (unpaired) electrons. The number of hydrogen-bond donors (Lipinski definition) is 0. The van der Waals surface area contributed by atoms with Gasteiger partial charge in [0.05, 0.1) is 6.20 Å². The maximum atomic E-state index is 4.41. The van der Waals surface area contributed by atoms with Crippen LogP contribution in [0.5, 0.6) is 0 Å². The van der Waals surface area contributed by atoms with Gasteiger partial charge in [-0.2, -0.15) is 29.4 Å². The van der Waals surface area contributed by atoms with E-state index >= 15 is 0 Å². The molecule has 0 spiro atoms. The Morgan fingerprint density at radius 1 is 1.25 bits per heavy atom. The Kier molecular flexibility index (Phi) is 4.95. The van der Waals surface area contributed by atoms with Crippen LogP contribution < -0.4 is 0 Å². The van der Waals surface area contributed by atoms with Crippen molar-refractivity contribution in [3.05, 3.63) is 47.8 Å². The number of benzene rings is 1. The summed E-state index contributed by atoms with van der Waals surface area (Å²) in [6.45, 7) is 4.32. The summed E-state index contributed by atoms with van der Waals surface area (Å²) in [7, 11) is 0. The van der Waals surface area contributed by atoms with E-state index in [1.54, 1.807) is 0 Å². The second-order valence-corrected chi connectivity index (χ2v) is 3.48. The first-order chi connectivity index (χ1) is 7.36. The third-order valence-corrected chi connectivity index (χ3v) is 2.59. The summed E-state index contributed by atoms with van der Waals surface area (Å²) in [4.78, 5) is 0. The van der Waals surface area contributed by atoms with Gasteiger partial charge in [0.15, 0.2) is 0 Å². The van der Waals surface area contributed by atoms with Crippen molar-refractivity contribution in [1.82, 2.24) is 9.78 Å². The van der Waals surface area contributed by atoms with Gasteiger partial charge in [0.1, 0.15) is 0 Å². The minimum absolute atomic E-state index is 0. The van der Waals surface area contributed by atoms with E-state index in [9.17, 15) is 0 Å². The number of para-hydroxylation sites is 1. The zero-order chi connectivity index (χ0) is 10.7. The molecule has 0 atom stereocenters. The first kappa shape index (κ1) is 13.2. The normalized spacial score (nSPS) is 9.88. The van der Waals surface area contributed by atoms with E-state index < -0.39 is 0 Å². The zero-order valence-corrected chi connectivity index (χ0v) is 11.8. The average molecular weight is 394 g/mol. The van der Waals surface area contributed by atoms with Crippen molar-refractivity contribution in [1.29, 1.82) is 0 Å².